The third-order valence-corrected chi connectivity index (χ3v) is 4.54. The fourth-order valence-corrected chi connectivity index (χ4v) is 3.38. The largest absolute Gasteiger partial charge is 0.256 e. The molecule has 0 spiro atoms. The van der Waals surface area contributed by atoms with E-state index in [0.29, 0.717) is 0 Å². The first-order valence-electron chi connectivity index (χ1n) is 8.04. The van der Waals surface area contributed by atoms with Crippen LogP contribution in [-0.4, -0.2) is 4.98 Å². The van der Waals surface area contributed by atoms with E-state index in [-0.39, 0.29) is 0 Å². The van der Waals surface area contributed by atoms with E-state index >= 15 is 0 Å². The Morgan fingerprint density at radius 3 is 2.36 bits per heavy atom. The molecule has 2 aromatic carbocycles. The molecular formula is C21H19N. The highest BCUT2D eigenvalue weighted by atomic mass is 14.7. The van der Waals surface area contributed by atoms with Crippen molar-refractivity contribution in [1.82, 2.24) is 4.98 Å². The van der Waals surface area contributed by atoms with Crippen molar-refractivity contribution < 1.29 is 0 Å². The van der Waals surface area contributed by atoms with E-state index in [0.717, 1.165) is 5.69 Å². The summed E-state index contributed by atoms with van der Waals surface area (Å²) in [5.41, 5.74) is 7.86. The van der Waals surface area contributed by atoms with Gasteiger partial charge in [-0.25, -0.2) is 0 Å². The molecule has 0 radical (unpaired) electrons. The summed E-state index contributed by atoms with van der Waals surface area (Å²) in [5.74, 6) is 0. The summed E-state index contributed by atoms with van der Waals surface area (Å²) in [5, 5.41) is 0. The minimum absolute atomic E-state index is 1.04. The lowest BCUT2D eigenvalue weighted by Crippen LogP contribution is -2.04. The van der Waals surface area contributed by atoms with E-state index in [2.05, 4.69) is 59.6 Å². The predicted molar refractivity (Wildman–Crippen MR) is 91.8 cm³/mol. The standard InChI is InChI=1S/C21H19N/c1-2-8-17(9-3-1)21-14-13-18(15-22-21)20-12-6-10-16-7-4-5-11-19(16)20/h1-3,6,8-10,12-15H,4-5,7,11H2. The molecule has 0 saturated heterocycles. The van der Waals surface area contributed by atoms with Crippen molar-refractivity contribution in [1.29, 1.82) is 0 Å². The highest BCUT2D eigenvalue weighted by molar-refractivity contribution is 5.70. The second-order valence-electron chi connectivity index (χ2n) is 5.95. The van der Waals surface area contributed by atoms with Gasteiger partial charge < -0.3 is 0 Å². The van der Waals surface area contributed by atoms with E-state index in [1.54, 1.807) is 0 Å². The Kier molecular flexibility index (Phi) is 3.48. The topological polar surface area (TPSA) is 12.9 Å². The maximum atomic E-state index is 4.67. The minimum Gasteiger partial charge on any atom is -0.256 e. The smallest absolute Gasteiger partial charge is 0.0702 e. The molecule has 0 unspecified atom stereocenters. The Morgan fingerprint density at radius 2 is 1.55 bits per heavy atom. The van der Waals surface area contributed by atoms with Crippen LogP contribution in [0, 0.1) is 0 Å². The van der Waals surface area contributed by atoms with Gasteiger partial charge in [-0.2, -0.15) is 0 Å². The number of hydrogen-bond donors (Lipinski definition) is 0. The van der Waals surface area contributed by atoms with Gasteiger partial charge in [0, 0.05) is 17.3 Å². The molecule has 0 saturated carbocycles. The van der Waals surface area contributed by atoms with E-state index in [1.807, 2.05) is 12.3 Å². The highest BCUT2D eigenvalue weighted by Gasteiger charge is 2.14. The first-order valence-corrected chi connectivity index (χ1v) is 8.04. The number of fused-ring (bicyclic) bond motifs is 1. The van der Waals surface area contributed by atoms with Crippen LogP contribution in [-0.2, 0) is 12.8 Å². The van der Waals surface area contributed by atoms with Crippen molar-refractivity contribution >= 4 is 0 Å². The number of aryl methyl sites for hydroxylation is 1. The summed E-state index contributed by atoms with van der Waals surface area (Å²) in [6.45, 7) is 0. The molecule has 22 heavy (non-hydrogen) atoms. The molecule has 0 atom stereocenters. The second kappa shape index (κ2) is 5.76. The highest BCUT2D eigenvalue weighted by Crippen LogP contribution is 2.31. The fraction of sp³-hybridized carbons (Fsp3) is 0.190. The Morgan fingerprint density at radius 1 is 0.682 bits per heavy atom. The van der Waals surface area contributed by atoms with E-state index in [1.165, 1.54) is 53.5 Å². The molecule has 1 heteroatoms. The van der Waals surface area contributed by atoms with E-state index < -0.39 is 0 Å². The molecule has 4 rings (SSSR count). The number of nitrogens with zero attached hydrogens (tertiary/aromatic N) is 1. The van der Waals surface area contributed by atoms with Crippen molar-refractivity contribution in [3.05, 3.63) is 78.0 Å². The summed E-state index contributed by atoms with van der Waals surface area (Å²) >= 11 is 0. The van der Waals surface area contributed by atoms with Gasteiger partial charge in [0.15, 0.2) is 0 Å². The number of pyridine rings is 1. The van der Waals surface area contributed by atoms with E-state index in [4.69, 9.17) is 0 Å². The van der Waals surface area contributed by atoms with Gasteiger partial charge in [-0.15, -0.1) is 0 Å². The number of rotatable bonds is 2. The molecule has 0 amide bonds. The summed E-state index contributed by atoms with van der Waals surface area (Å²) in [6.07, 6.45) is 7.07. The van der Waals surface area contributed by atoms with Crippen LogP contribution in [0.4, 0.5) is 0 Å². The Labute approximate surface area is 131 Å². The molecule has 1 heterocycles. The maximum Gasteiger partial charge on any atom is 0.0702 e. The zero-order valence-corrected chi connectivity index (χ0v) is 12.6. The van der Waals surface area contributed by atoms with Crippen LogP contribution < -0.4 is 0 Å². The average Bonchev–Trinajstić information content (AvgIpc) is 2.62. The van der Waals surface area contributed by atoms with Crippen LogP contribution >= 0.6 is 0 Å². The van der Waals surface area contributed by atoms with Gasteiger partial charge in [-0.3, -0.25) is 4.98 Å². The van der Waals surface area contributed by atoms with Crippen molar-refractivity contribution in [3.63, 3.8) is 0 Å². The molecule has 1 aromatic heterocycles. The van der Waals surface area contributed by atoms with Crippen molar-refractivity contribution in [3.8, 4) is 22.4 Å². The summed E-state index contributed by atoms with van der Waals surface area (Å²) in [6, 6.07) is 21.4. The van der Waals surface area contributed by atoms with Crippen LogP contribution in [0.2, 0.25) is 0 Å². The molecule has 3 aromatic rings. The zero-order chi connectivity index (χ0) is 14.8. The predicted octanol–water partition coefficient (Wildman–Crippen LogP) is 5.29. The molecule has 0 bridgehead atoms. The summed E-state index contributed by atoms with van der Waals surface area (Å²) < 4.78 is 0. The molecule has 1 aliphatic carbocycles. The third kappa shape index (κ3) is 2.43. The number of benzene rings is 2. The molecule has 1 aliphatic rings. The normalized spacial score (nSPS) is 13.6. The first kappa shape index (κ1) is 13.3. The van der Waals surface area contributed by atoms with Crippen molar-refractivity contribution in [2.75, 3.05) is 0 Å². The van der Waals surface area contributed by atoms with Gasteiger partial charge in [-0.05, 0) is 48.4 Å². The molecule has 1 nitrogen and oxygen atoms in total. The molecule has 108 valence electrons. The van der Waals surface area contributed by atoms with Crippen LogP contribution in [0.1, 0.15) is 24.0 Å². The third-order valence-electron chi connectivity index (χ3n) is 4.54. The van der Waals surface area contributed by atoms with E-state index in [9.17, 15) is 0 Å². The summed E-state index contributed by atoms with van der Waals surface area (Å²) in [7, 11) is 0. The molecule has 0 fully saturated rings. The lowest BCUT2D eigenvalue weighted by atomic mass is 9.86. The maximum absolute atomic E-state index is 4.67. The average molecular weight is 285 g/mol. The summed E-state index contributed by atoms with van der Waals surface area (Å²) in [4.78, 5) is 4.67. The SMILES string of the molecule is c1ccc(-c2ccc(-c3cccc4c3CCCC4)cn2)cc1. The van der Waals surface area contributed by atoms with Gasteiger partial charge in [0.1, 0.15) is 0 Å². The lowest BCUT2D eigenvalue weighted by Gasteiger charge is -2.19. The monoisotopic (exact) mass is 285 g/mol. The second-order valence-corrected chi connectivity index (χ2v) is 5.95. The van der Waals surface area contributed by atoms with Gasteiger partial charge in [-0.1, -0.05) is 54.6 Å². The van der Waals surface area contributed by atoms with Crippen LogP contribution in [0.5, 0.6) is 0 Å². The van der Waals surface area contributed by atoms with Gasteiger partial charge in [0.05, 0.1) is 5.69 Å². The zero-order valence-electron chi connectivity index (χ0n) is 12.6. The Balaban J connectivity index is 1.72. The lowest BCUT2D eigenvalue weighted by molar-refractivity contribution is 0.687. The van der Waals surface area contributed by atoms with Crippen molar-refractivity contribution in [2.45, 2.75) is 25.7 Å². The molecular weight excluding hydrogens is 266 g/mol. The first-order chi connectivity index (χ1) is 10.9. The van der Waals surface area contributed by atoms with Gasteiger partial charge >= 0.3 is 0 Å². The quantitative estimate of drug-likeness (QED) is 0.623. The Bertz CT molecular complexity index is 773. The number of aromatic nitrogens is 1. The molecule has 0 N–H and O–H groups in total. The van der Waals surface area contributed by atoms with Crippen LogP contribution in [0.15, 0.2) is 66.9 Å². The van der Waals surface area contributed by atoms with Crippen LogP contribution in [0.25, 0.3) is 22.4 Å². The number of hydrogen-bond acceptors (Lipinski definition) is 1. The molecule has 0 aliphatic heterocycles. The van der Waals surface area contributed by atoms with Gasteiger partial charge in [0.2, 0.25) is 0 Å². The van der Waals surface area contributed by atoms with Crippen molar-refractivity contribution in [2.24, 2.45) is 0 Å². The minimum atomic E-state index is 1.04. The van der Waals surface area contributed by atoms with Gasteiger partial charge in [0.25, 0.3) is 0 Å². The van der Waals surface area contributed by atoms with Crippen LogP contribution in [0.3, 0.4) is 0 Å². The fourth-order valence-electron chi connectivity index (χ4n) is 3.38. The Hall–Kier alpha value is -2.41.